The number of aliphatic hydroxyl groups excluding tert-OH is 1. The molecule has 0 aliphatic carbocycles. The number of aliphatic hydroxyl groups is 1. The molecule has 1 aromatic carbocycles. The fourth-order valence-corrected chi connectivity index (χ4v) is 3.23. The van der Waals surface area contributed by atoms with Crippen LogP contribution in [0, 0.1) is 0 Å². The molecule has 7 nitrogen and oxygen atoms in total. The Morgan fingerprint density at radius 1 is 1.27 bits per heavy atom. The standard InChI is InChI=1S/C14H22N2O5S/c1-14(2,3)16-22(20,21)10-5-6-12(15-7-4-8-17)11(9-10)13(18)19/h5-6,9,15-17H,4,7-8H2,1-3H3,(H,18,19). The molecule has 0 radical (unpaired) electrons. The lowest BCUT2D eigenvalue weighted by molar-refractivity contribution is 0.0697. The highest BCUT2D eigenvalue weighted by Gasteiger charge is 2.23. The second-order valence-electron chi connectivity index (χ2n) is 5.87. The molecule has 124 valence electrons. The van der Waals surface area contributed by atoms with E-state index in [1.54, 1.807) is 20.8 Å². The molecule has 0 spiro atoms. The number of nitrogens with one attached hydrogen (secondary N) is 2. The summed E-state index contributed by atoms with van der Waals surface area (Å²) in [5, 5.41) is 20.8. The van der Waals surface area contributed by atoms with Gasteiger partial charge in [-0.05, 0) is 45.4 Å². The molecule has 8 heteroatoms. The molecule has 0 aliphatic rings. The first-order valence-electron chi connectivity index (χ1n) is 6.83. The van der Waals surface area contributed by atoms with Crippen molar-refractivity contribution in [2.24, 2.45) is 0 Å². The van der Waals surface area contributed by atoms with E-state index in [0.29, 0.717) is 18.7 Å². The molecular formula is C14H22N2O5S. The minimum Gasteiger partial charge on any atom is -0.478 e. The molecule has 0 amide bonds. The molecule has 0 heterocycles. The van der Waals surface area contributed by atoms with Crippen LogP contribution < -0.4 is 10.0 Å². The Labute approximate surface area is 130 Å². The Balaban J connectivity index is 3.15. The zero-order valence-electron chi connectivity index (χ0n) is 12.9. The van der Waals surface area contributed by atoms with E-state index in [2.05, 4.69) is 10.0 Å². The lowest BCUT2D eigenvalue weighted by atomic mass is 10.1. The lowest BCUT2D eigenvalue weighted by Crippen LogP contribution is -2.40. The molecule has 1 rings (SSSR count). The van der Waals surface area contributed by atoms with E-state index in [0.717, 1.165) is 6.07 Å². The van der Waals surface area contributed by atoms with E-state index in [4.69, 9.17) is 5.11 Å². The van der Waals surface area contributed by atoms with Crippen LogP contribution in [-0.2, 0) is 10.0 Å². The Morgan fingerprint density at radius 3 is 2.41 bits per heavy atom. The van der Waals surface area contributed by atoms with Crippen LogP contribution in [0.4, 0.5) is 5.69 Å². The average molecular weight is 330 g/mol. The number of rotatable bonds is 7. The first kappa shape index (κ1) is 18.4. The molecule has 22 heavy (non-hydrogen) atoms. The van der Waals surface area contributed by atoms with Crippen LogP contribution >= 0.6 is 0 Å². The van der Waals surface area contributed by atoms with Crippen molar-refractivity contribution in [1.29, 1.82) is 0 Å². The quantitative estimate of drug-likeness (QED) is 0.559. The molecular weight excluding hydrogens is 308 g/mol. The van der Waals surface area contributed by atoms with Crippen molar-refractivity contribution in [3.63, 3.8) is 0 Å². The van der Waals surface area contributed by atoms with Crippen molar-refractivity contribution in [1.82, 2.24) is 4.72 Å². The van der Waals surface area contributed by atoms with Crippen LogP contribution in [0.15, 0.2) is 23.1 Å². The zero-order valence-corrected chi connectivity index (χ0v) is 13.7. The first-order chi connectivity index (χ1) is 10.1. The van der Waals surface area contributed by atoms with Gasteiger partial charge >= 0.3 is 5.97 Å². The van der Waals surface area contributed by atoms with Crippen molar-refractivity contribution in [2.45, 2.75) is 37.6 Å². The van der Waals surface area contributed by atoms with Gasteiger partial charge in [0.2, 0.25) is 10.0 Å². The number of anilines is 1. The molecule has 4 N–H and O–H groups in total. The highest BCUT2D eigenvalue weighted by Crippen LogP contribution is 2.21. The normalized spacial score (nSPS) is 12.2. The minimum absolute atomic E-state index is 0.0165. The topological polar surface area (TPSA) is 116 Å². The van der Waals surface area contributed by atoms with Gasteiger partial charge in [0.25, 0.3) is 0 Å². The van der Waals surface area contributed by atoms with Gasteiger partial charge in [0.05, 0.1) is 10.5 Å². The maximum Gasteiger partial charge on any atom is 0.337 e. The molecule has 0 bridgehead atoms. The second-order valence-corrected chi connectivity index (χ2v) is 7.55. The van der Waals surface area contributed by atoms with E-state index in [-0.39, 0.29) is 17.1 Å². The summed E-state index contributed by atoms with van der Waals surface area (Å²) in [5.74, 6) is -1.22. The number of hydrogen-bond acceptors (Lipinski definition) is 5. The molecule has 0 saturated carbocycles. The molecule has 1 aromatic rings. The third-order valence-corrected chi connectivity index (χ3v) is 4.38. The summed E-state index contributed by atoms with van der Waals surface area (Å²) in [6, 6.07) is 3.89. The maximum atomic E-state index is 12.2. The number of benzene rings is 1. The number of carboxylic acid groups (broad SMARTS) is 1. The molecule has 0 atom stereocenters. The lowest BCUT2D eigenvalue weighted by Gasteiger charge is -2.20. The number of carboxylic acids is 1. The molecule has 0 aliphatic heterocycles. The van der Waals surface area contributed by atoms with Crippen LogP contribution in [0.2, 0.25) is 0 Å². The highest BCUT2D eigenvalue weighted by molar-refractivity contribution is 7.89. The Hall–Kier alpha value is -1.64. The van der Waals surface area contributed by atoms with Gasteiger partial charge in [-0.3, -0.25) is 0 Å². The summed E-state index contributed by atoms with van der Waals surface area (Å²) >= 11 is 0. The van der Waals surface area contributed by atoms with E-state index >= 15 is 0 Å². The van der Waals surface area contributed by atoms with E-state index in [1.807, 2.05) is 0 Å². The second kappa shape index (κ2) is 7.08. The number of sulfonamides is 1. The highest BCUT2D eigenvalue weighted by atomic mass is 32.2. The largest absolute Gasteiger partial charge is 0.478 e. The summed E-state index contributed by atoms with van der Waals surface area (Å²) in [7, 11) is -3.80. The SMILES string of the molecule is CC(C)(C)NS(=O)(=O)c1ccc(NCCCO)c(C(=O)O)c1. The summed E-state index contributed by atoms with van der Waals surface area (Å²) in [5.41, 5.74) is -0.481. The predicted molar refractivity (Wildman–Crippen MR) is 83.7 cm³/mol. The van der Waals surface area contributed by atoms with E-state index < -0.39 is 21.5 Å². The van der Waals surface area contributed by atoms with Crippen LogP contribution in [0.1, 0.15) is 37.6 Å². The summed E-state index contributed by atoms with van der Waals surface area (Å²) in [6.07, 6.45) is 0.463. The van der Waals surface area contributed by atoms with Crippen LogP contribution in [0.5, 0.6) is 0 Å². The van der Waals surface area contributed by atoms with Gasteiger partial charge in [-0.1, -0.05) is 0 Å². The first-order valence-corrected chi connectivity index (χ1v) is 8.31. The minimum atomic E-state index is -3.80. The monoisotopic (exact) mass is 330 g/mol. The molecule has 0 unspecified atom stereocenters. The van der Waals surface area contributed by atoms with Crippen molar-refractivity contribution < 1.29 is 23.4 Å². The van der Waals surface area contributed by atoms with Gasteiger partial charge in [-0.25, -0.2) is 17.9 Å². The summed E-state index contributed by atoms with van der Waals surface area (Å²) in [4.78, 5) is 11.2. The van der Waals surface area contributed by atoms with Crippen molar-refractivity contribution in [3.05, 3.63) is 23.8 Å². The zero-order chi connectivity index (χ0) is 17.0. The third-order valence-electron chi connectivity index (χ3n) is 2.62. The number of aromatic carboxylic acids is 1. The Bertz CT molecular complexity index is 635. The summed E-state index contributed by atoms with van der Waals surface area (Å²) in [6.45, 7) is 5.48. The van der Waals surface area contributed by atoms with E-state index in [1.165, 1.54) is 12.1 Å². The van der Waals surface area contributed by atoms with Gasteiger partial charge in [0.15, 0.2) is 0 Å². The number of hydrogen-bond donors (Lipinski definition) is 4. The molecule has 0 aromatic heterocycles. The van der Waals surface area contributed by atoms with Gasteiger partial charge in [-0.15, -0.1) is 0 Å². The number of carbonyl (C=O) groups is 1. The molecule has 0 fully saturated rings. The Kier molecular flexibility index (Phi) is 5.92. The van der Waals surface area contributed by atoms with Crippen LogP contribution in [0.3, 0.4) is 0 Å². The van der Waals surface area contributed by atoms with Gasteiger partial charge in [0, 0.05) is 24.4 Å². The van der Waals surface area contributed by atoms with Gasteiger partial charge in [0.1, 0.15) is 0 Å². The summed E-state index contributed by atoms with van der Waals surface area (Å²) < 4.78 is 26.9. The molecule has 0 saturated heterocycles. The van der Waals surface area contributed by atoms with Crippen LogP contribution in [-0.4, -0.2) is 43.3 Å². The third kappa shape index (κ3) is 5.28. The smallest absolute Gasteiger partial charge is 0.337 e. The fourth-order valence-electron chi connectivity index (χ4n) is 1.79. The van der Waals surface area contributed by atoms with E-state index in [9.17, 15) is 18.3 Å². The fraction of sp³-hybridized carbons (Fsp3) is 0.500. The van der Waals surface area contributed by atoms with Crippen molar-refractivity contribution in [2.75, 3.05) is 18.5 Å². The Morgan fingerprint density at radius 2 is 1.91 bits per heavy atom. The average Bonchev–Trinajstić information content (AvgIpc) is 2.36. The van der Waals surface area contributed by atoms with Gasteiger partial charge in [-0.2, -0.15) is 0 Å². The maximum absolute atomic E-state index is 12.2. The predicted octanol–water partition coefficient (Wildman–Crippen LogP) is 1.26. The van der Waals surface area contributed by atoms with Gasteiger partial charge < -0.3 is 15.5 Å². The van der Waals surface area contributed by atoms with Crippen molar-refractivity contribution in [3.8, 4) is 0 Å². The van der Waals surface area contributed by atoms with Crippen molar-refractivity contribution >= 4 is 21.7 Å². The van der Waals surface area contributed by atoms with Crippen LogP contribution in [0.25, 0.3) is 0 Å².